The molecule has 7 aromatic rings. The summed E-state index contributed by atoms with van der Waals surface area (Å²) in [7, 11) is 3.73. The van der Waals surface area contributed by atoms with Crippen LogP contribution >= 0.6 is 11.6 Å². The fourth-order valence-electron chi connectivity index (χ4n) is 7.52. The van der Waals surface area contributed by atoms with Crippen molar-refractivity contribution < 1.29 is 28.5 Å². The van der Waals surface area contributed by atoms with Crippen LogP contribution in [0, 0.1) is 12.7 Å². The number of carbonyl (C=O) groups is 1. The topological polar surface area (TPSA) is 139 Å². The monoisotopic (exact) mass is 856 g/mol. The Kier molecular flexibility index (Phi) is 12.9. The molecular formula is C47H46ClFN8O5. The molecule has 318 valence electrons. The summed E-state index contributed by atoms with van der Waals surface area (Å²) in [5.74, 6) is 0.945. The lowest BCUT2D eigenvalue weighted by Crippen LogP contribution is -2.45. The van der Waals surface area contributed by atoms with Crippen molar-refractivity contribution in [3.8, 4) is 51.2 Å². The average molecular weight is 857 g/mol. The molecule has 0 saturated carbocycles. The van der Waals surface area contributed by atoms with Gasteiger partial charge < -0.3 is 29.5 Å². The number of likely N-dealkylation sites (N-methyl/N-ethyl adjacent to an activating group) is 1. The highest BCUT2D eigenvalue weighted by Crippen LogP contribution is 2.41. The molecule has 0 amide bonds. The molecule has 4 heterocycles. The summed E-state index contributed by atoms with van der Waals surface area (Å²) in [6.07, 6.45) is 3.27. The summed E-state index contributed by atoms with van der Waals surface area (Å²) in [5, 5.41) is 14.3. The lowest BCUT2D eigenvalue weighted by atomic mass is 10.0. The van der Waals surface area contributed by atoms with Crippen LogP contribution in [-0.2, 0) is 17.8 Å². The Morgan fingerprint density at radius 3 is 2.37 bits per heavy atom. The van der Waals surface area contributed by atoms with Crippen molar-refractivity contribution in [3.05, 3.63) is 137 Å². The van der Waals surface area contributed by atoms with E-state index in [-0.39, 0.29) is 24.8 Å². The van der Waals surface area contributed by atoms with E-state index < -0.39 is 12.0 Å². The van der Waals surface area contributed by atoms with Crippen LogP contribution < -0.4 is 19.5 Å². The summed E-state index contributed by atoms with van der Waals surface area (Å²) in [4.78, 5) is 36.5. The molecule has 13 nitrogen and oxygen atoms in total. The minimum absolute atomic E-state index is 0.0414. The number of aromatic nitrogens is 5. The van der Waals surface area contributed by atoms with Gasteiger partial charge in [0.1, 0.15) is 48.0 Å². The third-order valence-corrected chi connectivity index (χ3v) is 11.4. The first kappa shape index (κ1) is 42.1. The Morgan fingerprint density at radius 2 is 1.60 bits per heavy atom. The highest BCUT2D eigenvalue weighted by molar-refractivity contribution is 6.33. The van der Waals surface area contributed by atoms with Crippen molar-refractivity contribution in [1.82, 2.24) is 34.1 Å². The molecule has 1 fully saturated rings. The van der Waals surface area contributed by atoms with Crippen LogP contribution in [0.25, 0.3) is 39.5 Å². The van der Waals surface area contributed by atoms with Gasteiger partial charge in [-0.2, -0.15) is 0 Å². The molecule has 4 aromatic carbocycles. The summed E-state index contributed by atoms with van der Waals surface area (Å²) in [6, 6.07) is 27.0. The molecule has 1 aliphatic rings. The molecule has 62 heavy (non-hydrogen) atoms. The van der Waals surface area contributed by atoms with Gasteiger partial charge in [0, 0.05) is 62.7 Å². The van der Waals surface area contributed by atoms with Crippen molar-refractivity contribution in [1.29, 1.82) is 0 Å². The molecule has 2 N–H and O–H groups in total. The molecular weight excluding hydrogens is 811 g/mol. The number of benzene rings is 4. The normalized spacial score (nSPS) is 13.8. The molecule has 15 heteroatoms. The molecule has 0 unspecified atom stereocenters. The van der Waals surface area contributed by atoms with Gasteiger partial charge in [-0.1, -0.05) is 41.9 Å². The number of halogens is 2. The van der Waals surface area contributed by atoms with E-state index in [2.05, 4.69) is 32.1 Å². The van der Waals surface area contributed by atoms with E-state index >= 15 is 0 Å². The zero-order valence-electron chi connectivity index (χ0n) is 34.6. The van der Waals surface area contributed by atoms with Crippen LogP contribution in [0.3, 0.4) is 0 Å². The Balaban J connectivity index is 1.08. The number of hydrogen-bond acceptors (Lipinski definition) is 11. The first-order valence-corrected chi connectivity index (χ1v) is 20.7. The molecule has 1 saturated heterocycles. The van der Waals surface area contributed by atoms with Crippen LogP contribution in [0.4, 0.5) is 10.3 Å². The van der Waals surface area contributed by atoms with Gasteiger partial charge in [-0.3, -0.25) is 9.30 Å². The SMILES string of the molecule is COc1ccccc1-c1nccc(COc2ccccc2C[C@H](Nc2nccc3nc(-c4ccc(F)cc4)c(-c4ccc(OCCN5CCN(C)CC5)c(Cl)c4C)n23)C(=O)O)n1. The molecule has 1 aliphatic heterocycles. The fraction of sp³-hybridized carbons (Fsp3) is 0.255. The molecule has 0 bridgehead atoms. The van der Waals surface area contributed by atoms with Gasteiger partial charge in [0.15, 0.2) is 5.82 Å². The maximum absolute atomic E-state index is 14.2. The van der Waals surface area contributed by atoms with Gasteiger partial charge >= 0.3 is 5.97 Å². The number of carboxylic acid groups (broad SMARTS) is 1. The number of fused-ring (bicyclic) bond motifs is 1. The second kappa shape index (κ2) is 19.0. The van der Waals surface area contributed by atoms with Crippen LogP contribution in [0.5, 0.6) is 17.2 Å². The van der Waals surface area contributed by atoms with E-state index in [9.17, 15) is 14.3 Å². The number of nitrogens with one attached hydrogen (secondary N) is 1. The molecule has 1 atom stereocenters. The van der Waals surface area contributed by atoms with E-state index in [1.807, 2.05) is 61.5 Å². The Morgan fingerprint density at radius 1 is 0.855 bits per heavy atom. The van der Waals surface area contributed by atoms with Crippen molar-refractivity contribution in [2.24, 2.45) is 0 Å². The van der Waals surface area contributed by atoms with E-state index in [1.54, 1.807) is 54.2 Å². The number of piperazine rings is 1. The number of anilines is 1. The van der Waals surface area contributed by atoms with E-state index in [0.29, 0.717) is 74.1 Å². The Labute approximate surface area is 363 Å². The third-order valence-electron chi connectivity index (χ3n) is 11.0. The predicted octanol–water partition coefficient (Wildman–Crippen LogP) is 7.94. The number of carboxylic acids is 1. The maximum atomic E-state index is 14.2. The molecule has 0 radical (unpaired) electrons. The van der Waals surface area contributed by atoms with Crippen LogP contribution in [0.2, 0.25) is 5.02 Å². The Bertz CT molecular complexity index is 2690. The first-order chi connectivity index (χ1) is 30.2. The number of methoxy groups -OCH3 is 1. The quantitative estimate of drug-likeness (QED) is 0.0976. The number of imidazole rings is 1. The third kappa shape index (κ3) is 9.32. The smallest absolute Gasteiger partial charge is 0.326 e. The van der Waals surface area contributed by atoms with Gasteiger partial charge in [0.05, 0.1) is 34.8 Å². The first-order valence-electron chi connectivity index (χ1n) is 20.3. The zero-order valence-corrected chi connectivity index (χ0v) is 35.3. The van der Waals surface area contributed by atoms with Crippen molar-refractivity contribution in [2.45, 2.75) is 26.0 Å². The highest BCUT2D eigenvalue weighted by atomic mass is 35.5. The summed E-state index contributed by atoms with van der Waals surface area (Å²) in [5.41, 5.74) is 5.75. The summed E-state index contributed by atoms with van der Waals surface area (Å²) in [6.45, 7) is 7.27. The minimum atomic E-state index is -1.15. The van der Waals surface area contributed by atoms with Gasteiger partial charge in [0.2, 0.25) is 5.95 Å². The van der Waals surface area contributed by atoms with E-state index in [1.165, 1.54) is 12.1 Å². The number of rotatable bonds is 16. The largest absolute Gasteiger partial charge is 0.496 e. The summed E-state index contributed by atoms with van der Waals surface area (Å²) < 4.78 is 34.0. The molecule has 3 aromatic heterocycles. The lowest BCUT2D eigenvalue weighted by Gasteiger charge is -2.32. The second-order valence-electron chi connectivity index (χ2n) is 15.0. The predicted molar refractivity (Wildman–Crippen MR) is 237 cm³/mol. The van der Waals surface area contributed by atoms with E-state index in [4.69, 9.17) is 35.8 Å². The van der Waals surface area contributed by atoms with Crippen LogP contribution in [-0.4, -0.2) is 105 Å². The molecule has 0 spiro atoms. The van der Waals surface area contributed by atoms with Gasteiger partial charge in [-0.25, -0.2) is 29.1 Å². The zero-order chi connectivity index (χ0) is 43.2. The summed E-state index contributed by atoms with van der Waals surface area (Å²) >= 11 is 7.05. The number of para-hydroxylation sites is 2. The van der Waals surface area contributed by atoms with Crippen molar-refractivity contribution in [3.63, 3.8) is 0 Å². The maximum Gasteiger partial charge on any atom is 0.326 e. The lowest BCUT2D eigenvalue weighted by molar-refractivity contribution is -0.137. The average Bonchev–Trinajstić information content (AvgIpc) is 3.68. The fourth-order valence-corrected chi connectivity index (χ4v) is 7.74. The minimum Gasteiger partial charge on any atom is -0.496 e. The van der Waals surface area contributed by atoms with Crippen LogP contribution in [0.1, 0.15) is 16.8 Å². The van der Waals surface area contributed by atoms with Crippen molar-refractivity contribution in [2.75, 3.05) is 58.8 Å². The van der Waals surface area contributed by atoms with E-state index in [0.717, 1.165) is 43.9 Å². The number of hydrogen-bond donors (Lipinski definition) is 2. The van der Waals surface area contributed by atoms with Gasteiger partial charge in [0.25, 0.3) is 0 Å². The van der Waals surface area contributed by atoms with Crippen molar-refractivity contribution >= 4 is 29.2 Å². The number of ether oxygens (including phenoxy) is 3. The number of nitrogens with zero attached hydrogens (tertiary/aromatic N) is 7. The highest BCUT2D eigenvalue weighted by Gasteiger charge is 2.26. The van der Waals surface area contributed by atoms with Gasteiger partial charge in [-0.15, -0.1) is 0 Å². The van der Waals surface area contributed by atoms with Crippen LogP contribution in [0.15, 0.2) is 109 Å². The molecule has 0 aliphatic carbocycles. The molecule has 8 rings (SSSR count). The second-order valence-corrected chi connectivity index (χ2v) is 15.4. The number of aliphatic carboxylic acids is 1. The Hall–Kier alpha value is -6.61. The van der Waals surface area contributed by atoms with Gasteiger partial charge in [-0.05, 0) is 91.8 Å². The standard InChI is InChI=1S/C47H46ClFN8O5/c1-30-35(16-17-40(42(30)48)61-27-26-56-24-22-55(2)23-25-56)44-43(31-12-14-33(49)15-13-31)54-41-19-21-51-47(57(41)44)53-37(46(58)59)28-32-8-4-6-10-38(32)62-29-34-18-20-50-45(52-34)36-9-5-7-11-39(36)60-3/h4-21,37H,22-29H2,1-3H3,(H,51,53)(H,58,59)/t37-/m0/s1.